The van der Waals surface area contributed by atoms with Gasteiger partial charge in [0.05, 0.1) is 41.7 Å². The molecular weight excluding hydrogens is 616 g/mol. The largest absolute Gasteiger partial charge is 0.497 e. The maximum atomic E-state index is 6.64. The van der Waals surface area contributed by atoms with Gasteiger partial charge in [-0.25, -0.2) is 0 Å². The first-order valence-corrected chi connectivity index (χ1v) is 20.6. The van der Waals surface area contributed by atoms with Crippen molar-refractivity contribution in [2.24, 2.45) is 0 Å². The predicted octanol–water partition coefficient (Wildman–Crippen LogP) is 12.9. The van der Waals surface area contributed by atoms with Crippen molar-refractivity contribution in [3.63, 3.8) is 0 Å². The molecule has 7 nitrogen and oxygen atoms in total. The lowest BCUT2D eigenvalue weighted by Crippen LogP contribution is -2.33. The molecule has 0 amide bonds. The van der Waals surface area contributed by atoms with E-state index in [0.29, 0.717) is 24.7 Å². The summed E-state index contributed by atoms with van der Waals surface area (Å²) in [5.41, 5.74) is 0. The Morgan fingerprint density at radius 1 is 0.347 bits per heavy atom. The second-order valence-electron chi connectivity index (χ2n) is 13.5. The van der Waals surface area contributed by atoms with Gasteiger partial charge >= 0.3 is 0 Å². The molecule has 0 heterocycles. The third kappa shape index (κ3) is 25.2. The summed E-state index contributed by atoms with van der Waals surface area (Å²) in [5, 5.41) is 0. The maximum Gasteiger partial charge on any atom is 0.223 e. The average Bonchev–Trinajstić information content (AvgIpc) is 3.11. The molecule has 0 aromatic heterocycles. The summed E-state index contributed by atoms with van der Waals surface area (Å²) in [6.07, 6.45) is 29.4. The quantitative estimate of drug-likeness (QED) is 0.0361. The summed E-state index contributed by atoms with van der Waals surface area (Å²) in [4.78, 5) is 0. The van der Waals surface area contributed by atoms with Gasteiger partial charge in [-0.15, -0.1) is 0 Å². The maximum absolute atomic E-state index is 6.64. The third-order valence-corrected chi connectivity index (χ3v) is 9.21. The van der Waals surface area contributed by atoms with Crippen molar-refractivity contribution in [2.45, 2.75) is 207 Å². The molecule has 0 aromatic carbocycles. The van der Waals surface area contributed by atoms with Crippen LogP contribution in [0, 0.1) is 0 Å². The fourth-order valence-electron chi connectivity index (χ4n) is 6.02. The fourth-order valence-corrected chi connectivity index (χ4v) is 6.02. The fraction of sp³-hybridized carbons (Fsp3) is 0.905. The molecule has 0 saturated heterocycles. The zero-order valence-electron chi connectivity index (χ0n) is 33.8. The summed E-state index contributed by atoms with van der Waals surface area (Å²) in [6.45, 7) is 9.92. The van der Waals surface area contributed by atoms with E-state index in [1.54, 1.807) is 28.4 Å². The molecule has 0 bridgehead atoms. The first kappa shape index (κ1) is 47.6. The van der Waals surface area contributed by atoms with Crippen LogP contribution in [-0.2, 0) is 33.2 Å². The lowest BCUT2D eigenvalue weighted by Gasteiger charge is -2.29. The van der Waals surface area contributed by atoms with Crippen LogP contribution in [0.25, 0.3) is 0 Å². The Hall–Kier alpha value is -1.44. The summed E-state index contributed by atoms with van der Waals surface area (Å²) < 4.78 is 43.1. The van der Waals surface area contributed by atoms with Gasteiger partial charge in [0.15, 0.2) is 11.5 Å². The molecule has 0 fully saturated rings. The topological polar surface area (TPSA) is 64.6 Å². The highest BCUT2D eigenvalue weighted by Crippen LogP contribution is 2.27. The zero-order valence-corrected chi connectivity index (χ0v) is 33.8. The molecule has 0 aliphatic rings. The van der Waals surface area contributed by atoms with Crippen molar-refractivity contribution in [1.82, 2.24) is 0 Å². The van der Waals surface area contributed by atoms with Gasteiger partial charge in [0, 0.05) is 12.8 Å². The van der Waals surface area contributed by atoms with Gasteiger partial charge in [0.25, 0.3) is 0 Å². The molecule has 7 heteroatoms. The van der Waals surface area contributed by atoms with E-state index in [0.717, 1.165) is 75.7 Å². The standard InChI is InChI=1S/C42H82O7/c1-9-13-17-19-21-23-25-27-29-31-33-37(43-5)39(45-7)41(47-35-15-11-3)49-42(48-36-16-12-4)40(46-8)38(44-6)34-32-30-28-26-24-22-20-18-14-10-2/h41-42H,9-36H2,1-8H3. The van der Waals surface area contributed by atoms with Gasteiger partial charge in [0.2, 0.25) is 12.6 Å². The van der Waals surface area contributed by atoms with E-state index in [4.69, 9.17) is 33.2 Å². The summed E-state index contributed by atoms with van der Waals surface area (Å²) >= 11 is 0. The molecule has 0 radical (unpaired) electrons. The summed E-state index contributed by atoms with van der Waals surface area (Å²) in [6, 6.07) is 0. The number of ether oxygens (including phenoxy) is 7. The van der Waals surface area contributed by atoms with Crippen LogP contribution in [-0.4, -0.2) is 54.2 Å². The minimum atomic E-state index is -0.804. The molecule has 0 aliphatic carbocycles. The highest BCUT2D eigenvalue weighted by atomic mass is 16.8. The molecule has 0 saturated carbocycles. The molecule has 49 heavy (non-hydrogen) atoms. The SMILES string of the molecule is CCCCCCCCCCCCC(OC)=C(OC)C(OCCCC)OC(OCCCC)C(OC)=C(CCCCCCCCCCCC)OC. The number of unbranched alkanes of at least 4 members (excludes halogenated alkanes) is 20. The van der Waals surface area contributed by atoms with Crippen molar-refractivity contribution in [2.75, 3.05) is 41.7 Å². The Balaban J connectivity index is 5.63. The Labute approximate surface area is 304 Å². The van der Waals surface area contributed by atoms with Crippen LogP contribution in [0.15, 0.2) is 23.0 Å². The molecule has 2 atom stereocenters. The smallest absolute Gasteiger partial charge is 0.223 e. The normalized spacial score (nSPS) is 13.9. The van der Waals surface area contributed by atoms with Crippen LogP contribution in [0.4, 0.5) is 0 Å². The van der Waals surface area contributed by atoms with E-state index in [-0.39, 0.29) is 0 Å². The van der Waals surface area contributed by atoms with Gasteiger partial charge in [-0.1, -0.05) is 156 Å². The number of allylic oxidation sites excluding steroid dienone is 2. The van der Waals surface area contributed by atoms with E-state index in [9.17, 15) is 0 Å². The average molecular weight is 699 g/mol. The second kappa shape index (κ2) is 36.4. The Morgan fingerprint density at radius 2 is 0.633 bits per heavy atom. The van der Waals surface area contributed by atoms with E-state index in [1.807, 2.05) is 0 Å². The van der Waals surface area contributed by atoms with E-state index in [2.05, 4.69) is 27.7 Å². The lowest BCUT2D eigenvalue weighted by molar-refractivity contribution is -0.240. The van der Waals surface area contributed by atoms with Gasteiger partial charge in [-0.05, 0) is 25.7 Å². The molecule has 0 spiro atoms. The summed E-state index contributed by atoms with van der Waals surface area (Å²) in [7, 11) is 6.74. The van der Waals surface area contributed by atoms with E-state index < -0.39 is 12.6 Å². The van der Waals surface area contributed by atoms with E-state index >= 15 is 0 Å². The van der Waals surface area contributed by atoms with Crippen molar-refractivity contribution in [3.8, 4) is 0 Å². The first-order valence-electron chi connectivity index (χ1n) is 20.6. The van der Waals surface area contributed by atoms with Gasteiger partial charge in [0.1, 0.15) is 11.5 Å². The van der Waals surface area contributed by atoms with Crippen LogP contribution in [0.5, 0.6) is 0 Å². The minimum absolute atomic E-state index is 0.534. The van der Waals surface area contributed by atoms with Gasteiger partial charge in [-0.2, -0.15) is 0 Å². The van der Waals surface area contributed by atoms with Crippen LogP contribution in [0.2, 0.25) is 0 Å². The summed E-state index contributed by atoms with van der Waals surface area (Å²) in [5.74, 6) is 2.64. The number of hydrogen-bond donors (Lipinski definition) is 0. The molecule has 0 aliphatic heterocycles. The van der Waals surface area contributed by atoms with Crippen LogP contribution in [0.3, 0.4) is 0 Å². The van der Waals surface area contributed by atoms with Gasteiger partial charge < -0.3 is 33.2 Å². The minimum Gasteiger partial charge on any atom is -0.497 e. The Morgan fingerprint density at radius 3 is 0.898 bits per heavy atom. The van der Waals surface area contributed by atoms with Crippen LogP contribution < -0.4 is 0 Å². The molecule has 2 unspecified atom stereocenters. The molecule has 292 valence electrons. The van der Waals surface area contributed by atoms with Crippen molar-refractivity contribution in [3.05, 3.63) is 23.0 Å². The molecular formula is C42H82O7. The molecule has 0 N–H and O–H groups in total. The van der Waals surface area contributed by atoms with E-state index in [1.165, 1.54) is 103 Å². The molecule has 0 rings (SSSR count). The second-order valence-corrected chi connectivity index (χ2v) is 13.5. The lowest BCUT2D eigenvalue weighted by atomic mass is 10.1. The zero-order chi connectivity index (χ0) is 36.2. The Kier molecular flexibility index (Phi) is 35.3. The predicted molar refractivity (Wildman–Crippen MR) is 205 cm³/mol. The number of methoxy groups -OCH3 is 4. The Bertz CT molecular complexity index is 704. The van der Waals surface area contributed by atoms with Gasteiger partial charge in [-0.3, -0.25) is 0 Å². The molecule has 0 aromatic rings. The third-order valence-electron chi connectivity index (χ3n) is 9.21. The highest BCUT2D eigenvalue weighted by Gasteiger charge is 2.31. The number of hydrogen-bond acceptors (Lipinski definition) is 7. The van der Waals surface area contributed by atoms with Crippen molar-refractivity contribution in [1.29, 1.82) is 0 Å². The van der Waals surface area contributed by atoms with Crippen molar-refractivity contribution >= 4 is 0 Å². The first-order chi connectivity index (χ1) is 24.1. The number of rotatable bonds is 38. The van der Waals surface area contributed by atoms with Crippen LogP contribution in [0.1, 0.15) is 195 Å². The highest BCUT2D eigenvalue weighted by molar-refractivity contribution is 5.08. The monoisotopic (exact) mass is 699 g/mol. The van der Waals surface area contributed by atoms with Crippen molar-refractivity contribution < 1.29 is 33.2 Å². The van der Waals surface area contributed by atoms with Crippen LogP contribution >= 0.6 is 0 Å².